The molecule has 0 bridgehead atoms. The highest BCUT2D eigenvalue weighted by Gasteiger charge is 2.45. The molecule has 0 spiro atoms. The maximum atomic E-state index is 9.45. The second-order valence-electron chi connectivity index (χ2n) is 4.88. The van der Waals surface area contributed by atoms with Crippen molar-refractivity contribution in [2.75, 3.05) is 13.1 Å². The first-order valence-corrected chi connectivity index (χ1v) is 5.96. The topological polar surface area (TPSA) is 27.0 Å². The Balaban J connectivity index is 2.14. The highest BCUT2D eigenvalue weighted by Crippen LogP contribution is 2.40. The van der Waals surface area contributed by atoms with Gasteiger partial charge in [-0.3, -0.25) is 4.90 Å². The van der Waals surface area contributed by atoms with Gasteiger partial charge >= 0.3 is 0 Å². The van der Waals surface area contributed by atoms with Gasteiger partial charge in [0.1, 0.15) is 5.54 Å². The third-order valence-corrected chi connectivity index (χ3v) is 4.12. The summed E-state index contributed by atoms with van der Waals surface area (Å²) in [6, 6.07) is 2.62. The molecule has 2 heteroatoms. The molecular formula is C12H20N2. The van der Waals surface area contributed by atoms with E-state index in [4.69, 9.17) is 0 Å². The Morgan fingerprint density at radius 2 is 1.93 bits per heavy atom. The van der Waals surface area contributed by atoms with Crippen LogP contribution in [0.3, 0.4) is 0 Å². The molecule has 1 saturated carbocycles. The molecular weight excluding hydrogens is 172 g/mol. The third-order valence-electron chi connectivity index (χ3n) is 4.12. The Bertz CT molecular complexity index is 237. The van der Waals surface area contributed by atoms with Crippen LogP contribution in [0.5, 0.6) is 0 Å². The zero-order valence-electron chi connectivity index (χ0n) is 9.13. The Labute approximate surface area is 86.9 Å². The van der Waals surface area contributed by atoms with Crippen molar-refractivity contribution in [2.24, 2.45) is 5.92 Å². The van der Waals surface area contributed by atoms with Crippen molar-refractivity contribution in [1.29, 1.82) is 5.26 Å². The fourth-order valence-corrected chi connectivity index (χ4v) is 3.16. The van der Waals surface area contributed by atoms with E-state index in [0.29, 0.717) is 5.92 Å². The standard InChI is InChI=1S/C12H20N2/c1-11-6-5-7-12(11,10-13)14-8-3-2-4-9-14/h11H,2-9H2,1H3. The monoisotopic (exact) mass is 192 g/mol. The van der Waals surface area contributed by atoms with Gasteiger partial charge in [-0.25, -0.2) is 0 Å². The summed E-state index contributed by atoms with van der Waals surface area (Å²) < 4.78 is 0. The van der Waals surface area contributed by atoms with E-state index >= 15 is 0 Å². The number of nitrogens with zero attached hydrogens (tertiary/aromatic N) is 2. The van der Waals surface area contributed by atoms with Gasteiger partial charge in [0.15, 0.2) is 0 Å². The molecule has 1 saturated heterocycles. The summed E-state index contributed by atoms with van der Waals surface area (Å²) in [6.45, 7) is 4.56. The first-order chi connectivity index (χ1) is 6.79. The summed E-state index contributed by atoms with van der Waals surface area (Å²) in [7, 11) is 0. The van der Waals surface area contributed by atoms with Crippen LogP contribution in [0.25, 0.3) is 0 Å². The predicted octanol–water partition coefficient (Wildman–Crippen LogP) is 2.55. The Kier molecular flexibility index (Phi) is 2.78. The van der Waals surface area contributed by atoms with Crippen LogP contribution in [0.4, 0.5) is 0 Å². The van der Waals surface area contributed by atoms with E-state index in [1.165, 1.54) is 32.1 Å². The van der Waals surface area contributed by atoms with Crippen LogP contribution in [0.1, 0.15) is 45.4 Å². The zero-order chi connectivity index (χ0) is 10.0. The quantitative estimate of drug-likeness (QED) is 0.638. The minimum Gasteiger partial charge on any atom is -0.285 e. The van der Waals surface area contributed by atoms with E-state index in [2.05, 4.69) is 17.9 Å². The maximum absolute atomic E-state index is 9.45. The Morgan fingerprint density at radius 1 is 1.21 bits per heavy atom. The zero-order valence-corrected chi connectivity index (χ0v) is 9.13. The van der Waals surface area contributed by atoms with E-state index in [0.717, 1.165) is 19.5 Å². The molecule has 78 valence electrons. The summed E-state index contributed by atoms with van der Waals surface area (Å²) in [5.74, 6) is 0.575. The van der Waals surface area contributed by atoms with Crippen LogP contribution >= 0.6 is 0 Å². The van der Waals surface area contributed by atoms with Gasteiger partial charge in [0, 0.05) is 0 Å². The lowest BCUT2D eigenvalue weighted by atomic mass is 9.86. The van der Waals surface area contributed by atoms with Gasteiger partial charge in [-0.15, -0.1) is 0 Å². The van der Waals surface area contributed by atoms with Crippen molar-refractivity contribution >= 4 is 0 Å². The number of likely N-dealkylation sites (tertiary alicyclic amines) is 1. The lowest BCUT2D eigenvalue weighted by molar-refractivity contribution is 0.0843. The van der Waals surface area contributed by atoms with Gasteiger partial charge in [0.25, 0.3) is 0 Å². The van der Waals surface area contributed by atoms with Crippen LogP contribution in [0.15, 0.2) is 0 Å². The van der Waals surface area contributed by atoms with Gasteiger partial charge in [-0.2, -0.15) is 5.26 Å². The predicted molar refractivity (Wildman–Crippen MR) is 56.8 cm³/mol. The molecule has 2 nitrogen and oxygen atoms in total. The molecule has 1 heterocycles. The van der Waals surface area contributed by atoms with E-state index in [1.54, 1.807) is 0 Å². The lowest BCUT2D eigenvalue weighted by Gasteiger charge is -2.41. The molecule has 2 unspecified atom stereocenters. The summed E-state index contributed by atoms with van der Waals surface area (Å²) in [5, 5.41) is 9.45. The van der Waals surface area contributed by atoms with E-state index < -0.39 is 0 Å². The fraction of sp³-hybridized carbons (Fsp3) is 0.917. The number of nitriles is 1. The molecule has 2 atom stereocenters. The second-order valence-corrected chi connectivity index (χ2v) is 4.88. The summed E-state index contributed by atoms with van der Waals surface area (Å²) in [5.41, 5.74) is -0.0968. The highest BCUT2D eigenvalue weighted by molar-refractivity contribution is 5.14. The van der Waals surface area contributed by atoms with Gasteiger partial charge in [0.05, 0.1) is 6.07 Å². The molecule has 0 amide bonds. The second kappa shape index (κ2) is 3.90. The molecule has 0 aromatic carbocycles. The highest BCUT2D eigenvalue weighted by atomic mass is 15.2. The SMILES string of the molecule is CC1CCCC1(C#N)N1CCCCC1. The molecule has 2 aliphatic rings. The van der Waals surface area contributed by atoms with Crippen molar-refractivity contribution in [3.05, 3.63) is 0 Å². The molecule has 0 aromatic heterocycles. The maximum Gasteiger partial charge on any atom is 0.111 e. The number of piperidine rings is 1. The Morgan fingerprint density at radius 3 is 2.43 bits per heavy atom. The van der Waals surface area contributed by atoms with Crippen molar-refractivity contribution < 1.29 is 0 Å². The van der Waals surface area contributed by atoms with Crippen LogP contribution in [0.2, 0.25) is 0 Å². The summed E-state index contributed by atoms with van der Waals surface area (Å²) in [4.78, 5) is 2.47. The van der Waals surface area contributed by atoms with Crippen LogP contribution in [0, 0.1) is 17.2 Å². The van der Waals surface area contributed by atoms with Crippen molar-refractivity contribution in [2.45, 2.75) is 51.0 Å². The van der Waals surface area contributed by atoms with Gasteiger partial charge < -0.3 is 0 Å². The smallest absolute Gasteiger partial charge is 0.111 e. The van der Waals surface area contributed by atoms with Crippen molar-refractivity contribution in [3.63, 3.8) is 0 Å². The Hall–Kier alpha value is -0.550. The number of hydrogen-bond donors (Lipinski definition) is 0. The molecule has 14 heavy (non-hydrogen) atoms. The average molecular weight is 192 g/mol. The minimum atomic E-state index is -0.0968. The van der Waals surface area contributed by atoms with Gasteiger partial charge in [0.2, 0.25) is 0 Å². The molecule has 2 fully saturated rings. The van der Waals surface area contributed by atoms with Crippen molar-refractivity contribution in [3.8, 4) is 6.07 Å². The van der Waals surface area contributed by atoms with Crippen LogP contribution in [-0.2, 0) is 0 Å². The normalized spacial score (nSPS) is 39.6. The summed E-state index contributed by atoms with van der Waals surface area (Å²) in [6.07, 6.45) is 7.51. The molecule has 0 N–H and O–H groups in total. The molecule has 0 radical (unpaired) electrons. The van der Waals surface area contributed by atoms with Gasteiger partial charge in [-0.1, -0.05) is 19.8 Å². The fourth-order valence-electron chi connectivity index (χ4n) is 3.16. The van der Waals surface area contributed by atoms with Gasteiger partial charge in [-0.05, 0) is 44.7 Å². The largest absolute Gasteiger partial charge is 0.285 e. The minimum absolute atomic E-state index is 0.0968. The first-order valence-electron chi connectivity index (χ1n) is 5.96. The molecule has 1 aliphatic carbocycles. The number of hydrogen-bond acceptors (Lipinski definition) is 2. The van der Waals surface area contributed by atoms with E-state index in [-0.39, 0.29) is 5.54 Å². The van der Waals surface area contributed by atoms with E-state index in [1.807, 2.05) is 0 Å². The van der Waals surface area contributed by atoms with Crippen LogP contribution in [-0.4, -0.2) is 23.5 Å². The molecule has 0 aromatic rings. The number of rotatable bonds is 1. The summed E-state index contributed by atoms with van der Waals surface area (Å²) >= 11 is 0. The third kappa shape index (κ3) is 1.44. The lowest BCUT2D eigenvalue weighted by Crippen LogP contribution is -2.51. The first kappa shape index (κ1) is 9.98. The van der Waals surface area contributed by atoms with E-state index in [9.17, 15) is 5.26 Å². The molecule has 1 aliphatic heterocycles. The molecule has 2 rings (SSSR count). The average Bonchev–Trinajstić information content (AvgIpc) is 2.62. The van der Waals surface area contributed by atoms with Crippen LogP contribution < -0.4 is 0 Å². The van der Waals surface area contributed by atoms with Crippen molar-refractivity contribution in [1.82, 2.24) is 4.90 Å².